The summed E-state index contributed by atoms with van der Waals surface area (Å²) in [5.74, 6) is 0. The second-order valence-corrected chi connectivity index (χ2v) is 3.17. The summed E-state index contributed by atoms with van der Waals surface area (Å²) < 4.78 is 0. The fourth-order valence-electron chi connectivity index (χ4n) is 1.22. The van der Waals surface area contributed by atoms with E-state index >= 15 is 0 Å². The quantitative estimate of drug-likeness (QED) is 0.418. The maximum absolute atomic E-state index is 2.48. The molecule has 0 aromatic rings. The Kier molecular flexibility index (Phi) is 8.57. The van der Waals surface area contributed by atoms with E-state index < -0.39 is 0 Å². The van der Waals surface area contributed by atoms with Gasteiger partial charge >= 0.3 is 0 Å². The maximum Gasteiger partial charge on any atom is 0.0162 e. The molecule has 0 bridgehead atoms. The van der Waals surface area contributed by atoms with Crippen molar-refractivity contribution < 1.29 is 0 Å². The maximum atomic E-state index is 2.48. The van der Waals surface area contributed by atoms with Crippen LogP contribution in [0.15, 0.2) is 12.2 Å². The van der Waals surface area contributed by atoms with Crippen molar-refractivity contribution >= 4 is 0 Å². The first-order chi connectivity index (χ1) is 5.85. The Hall–Kier alpha value is -0.300. The molecule has 0 unspecified atom stereocenters. The summed E-state index contributed by atoms with van der Waals surface area (Å²) in [6.45, 7) is 10.1. The van der Waals surface area contributed by atoms with Crippen LogP contribution in [0, 0.1) is 0 Å². The van der Waals surface area contributed by atoms with E-state index in [1.165, 1.54) is 32.4 Å². The molecule has 1 nitrogen and oxygen atoms in total. The van der Waals surface area contributed by atoms with Gasteiger partial charge in [0, 0.05) is 6.54 Å². The highest BCUT2D eigenvalue weighted by molar-refractivity contribution is 4.80. The summed E-state index contributed by atoms with van der Waals surface area (Å²) in [4.78, 5) is 2.48. The molecule has 0 N–H and O–H groups in total. The fraction of sp³-hybridized carbons (Fsp3) is 0.818. The summed E-state index contributed by atoms with van der Waals surface area (Å²) in [7, 11) is 0. The van der Waals surface area contributed by atoms with Crippen LogP contribution in [-0.2, 0) is 0 Å². The Morgan fingerprint density at radius 1 is 1.17 bits per heavy atom. The van der Waals surface area contributed by atoms with Gasteiger partial charge in [0.15, 0.2) is 0 Å². The van der Waals surface area contributed by atoms with Crippen LogP contribution in [0.25, 0.3) is 0 Å². The van der Waals surface area contributed by atoms with E-state index in [1.807, 2.05) is 0 Å². The number of hydrogen-bond acceptors (Lipinski definition) is 1. The van der Waals surface area contributed by atoms with Crippen LogP contribution in [0.1, 0.15) is 40.0 Å². The molecule has 0 rings (SSSR count). The average Bonchev–Trinajstić information content (AvgIpc) is 2.11. The first-order valence-corrected chi connectivity index (χ1v) is 5.18. The van der Waals surface area contributed by atoms with E-state index in [4.69, 9.17) is 0 Å². The van der Waals surface area contributed by atoms with Crippen LogP contribution in [0.5, 0.6) is 0 Å². The number of unbranched alkanes of at least 4 members (excludes halogenated alkanes) is 2. The SMILES string of the molecule is CC=CCN(CC)CCCCC. The molecule has 12 heavy (non-hydrogen) atoms. The predicted molar refractivity (Wildman–Crippen MR) is 56.5 cm³/mol. The molecule has 0 saturated heterocycles. The molecule has 0 saturated carbocycles. The van der Waals surface area contributed by atoms with Crippen molar-refractivity contribution in [3.63, 3.8) is 0 Å². The first kappa shape index (κ1) is 11.7. The molecule has 72 valence electrons. The summed E-state index contributed by atoms with van der Waals surface area (Å²) >= 11 is 0. The summed E-state index contributed by atoms with van der Waals surface area (Å²) in [6, 6.07) is 0. The highest BCUT2D eigenvalue weighted by atomic mass is 15.1. The zero-order valence-electron chi connectivity index (χ0n) is 8.84. The van der Waals surface area contributed by atoms with Crippen molar-refractivity contribution in [3.8, 4) is 0 Å². The predicted octanol–water partition coefficient (Wildman–Crippen LogP) is 3.07. The van der Waals surface area contributed by atoms with E-state index in [2.05, 4.69) is 37.8 Å². The van der Waals surface area contributed by atoms with Crippen LogP contribution in [0.2, 0.25) is 0 Å². The molecule has 1 heteroatoms. The third-order valence-corrected chi connectivity index (χ3v) is 2.12. The summed E-state index contributed by atoms with van der Waals surface area (Å²) in [5, 5.41) is 0. The van der Waals surface area contributed by atoms with Crippen LogP contribution in [-0.4, -0.2) is 24.5 Å². The average molecular weight is 169 g/mol. The lowest BCUT2D eigenvalue weighted by atomic mass is 10.2. The highest BCUT2D eigenvalue weighted by Gasteiger charge is 1.97. The minimum absolute atomic E-state index is 1.12. The largest absolute Gasteiger partial charge is 0.300 e. The van der Waals surface area contributed by atoms with E-state index in [0.717, 1.165) is 6.54 Å². The molecule has 0 radical (unpaired) electrons. The lowest BCUT2D eigenvalue weighted by molar-refractivity contribution is 0.311. The van der Waals surface area contributed by atoms with Crippen LogP contribution in [0.3, 0.4) is 0 Å². The number of likely N-dealkylation sites (N-methyl/N-ethyl adjacent to an activating group) is 1. The molecule has 0 aromatic carbocycles. The molecule has 0 aromatic heterocycles. The zero-order valence-corrected chi connectivity index (χ0v) is 8.84. The Morgan fingerprint density at radius 2 is 1.92 bits per heavy atom. The standard InChI is InChI=1S/C11H23N/c1-4-7-9-11-12(6-3)10-8-5-2/h5,8H,4,6-7,9-11H2,1-3H3. The topological polar surface area (TPSA) is 3.24 Å². The summed E-state index contributed by atoms with van der Waals surface area (Å²) in [6.07, 6.45) is 8.40. The van der Waals surface area contributed by atoms with Gasteiger partial charge in [0.2, 0.25) is 0 Å². The Bertz CT molecular complexity index is 108. The second-order valence-electron chi connectivity index (χ2n) is 3.17. The number of allylic oxidation sites excluding steroid dienone is 1. The van der Waals surface area contributed by atoms with Gasteiger partial charge in [0.1, 0.15) is 0 Å². The van der Waals surface area contributed by atoms with Gasteiger partial charge in [0.25, 0.3) is 0 Å². The molecule has 0 aliphatic heterocycles. The molecule has 0 heterocycles. The Morgan fingerprint density at radius 3 is 2.42 bits per heavy atom. The van der Waals surface area contributed by atoms with Crippen LogP contribution in [0.4, 0.5) is 0 Å². The molecule has 0 aliphatic carbocycles. The third kappa shape index (κ3) is 6.41. The smallest absolute Gasteiger partial charge is 0.0162 e. The highest BCUT2D eigenvalue weighted by Crippen LogP contribution is 1.97. The van der Waals surface area contributed by atoms with Gasteiger partial charge in [0.05, 0.1) is 0 Å². The minimum atomic E-state index is 1.12. The number of hydrogen-bond donors (Lipinski definition) is 0. The Labute approximate surface area is 77.5 Å². The molecule has 0 amide bonds. The van der Waals surface area contributed by atoms with Gasteiger partial charge in [-0.1, -0.05) is 38.8 Å². The number of nitrogens with zero attached hydrogens (tertiary/aromatic N) is 1. The van der Waals surface area contributed by atoms with Gasteiger partial charge < -0.3 is 0 Å². The normalized spacial score (nSPS) is 11.7. The zero-order chi connectivity index (χ0) is 9.23. The molecular formula is C11H23N. The van der Waals surface area contributed by atoms with Gasteiger partial charge in [-0.05, 0) is 26.4 Å². The van der Waals surface area contributed by atoms with E-state index in [9.17, 15) is 0 Å². The molecule has 0 atom stereocenters. The van der Waals surface area contributed by atoms with Crippen molar-refractivity contribution in [1.82, 2.24) is 4.90 Å². The molecule has 0 spiro atoms. The van der Waals surface area contributed by atoms with Crippen molar-refractivity contribution in [2.24, 2.45) is 0 Å². The Balaban J connectivity index is 3.39. The van der Waals surface area contributed by atoms with Gasteiger partial charge in [-0.3, -0.25) is 4.90 Å². The lowest BCUT2D eigenvalue weighted by Crippen LogP contribution is -2.24. The van der Waals surface area contributed by atoms with Crippen molar-refractivity contribution in [3.05, 3.63) is 12.2 Å². The minimum Gasteiger partial charge on any atom is -0.300 e. The van der Waals surface area contributed by atoms with Crippen LogP contribution >= 0.6 is 0 Å². The number of rotatable bonds is 7. The fourth-order valence-corrected chi connectivity index (χ4v) is 1.22. The summed E-state index contributed by atoms with van der Waals surface area (Å²) in [5.41, 5.74) is 0. The molecule has 0 aliphatic rings. The van der Waals surface area contributed by atoms with E-state index in [1.54, 1.807) is 0 Å². The van der Waals surface area contributed by atoms with Gasteiger partial charge in [-0.2, -0.15) is 0 Å². The van der Waals surface area contributed by atoms with Crippen molar-refractivity contribution in [1.29, 1.82) is 0 Å². The second kappa shape index (κ2) is 8.79. The van der Waals surface area contributed by atoms with Gasteiger partial charge in [-0.15, -0.1) is 0 Å². The van der Waals surface area contributed by atoms with Gasteiger partial charge in [-0.25, -0.2) is 0 Å². The monoisotopic (exact) mass is 169 g/mol. The van der Waals surface area contributed by atoms with E-state index in [0.29, 0.717) is 0 Å². The molecule has 0 fully saturated rings. The molecular weight excluding hydrogens is 146 g/mol. The van der Waals surface area contributed by atoms with Crippen molar-refractivity contribution in [2.75, 3.05) is 19.6 Å². The van der Waals surface area contributed by atoms with Crippen LogP contribution < -0.4 is 0 Å². The lowest BCUT2D eigenvalue weighted by Gasteiger charge is -2.17. The van der Waals surface area contributed by atoms with E-state index in [-0.39, 0.29) is 0 Å². The van der Waals surface area contributed by atoms with Crippen molar-refractivity contribution in [2.45, 2.75) is 40.0 Å². The first-order valence-electron chi connectivity index (χ1n) is 5.18. The third-order valence-electron chi connectivity index (χ3n) is 2.12.